The van der Waals surface area contributed by atoms with Crippen LogP contribution in [0.4, 0.5) is 0 Å². The summed E-state index contributed by atoms with van der Waals surface area (Å²) in [5.41, 5.74) is 2.46. The number of pyridine rings is 1. The highest BCUT2D eigenvalue weighted by Crippen LogP contribution is 2.22. The number of carbonyl (C=O) groups excluding carboxylic acids is 1. The molecule has 5 nitrogen and oxygen atoms in total. The molecule has 0 bridgehead atoms. The van der Waals surface area contributed by atoms with Crippen LogP contribution in [0.3, 0.4) is 0 Å². The molecule has 0 radical (unpaired) electrons. The molecule has 3 aromatic rings. The second-order valence-electron chi connectivity index (χ2n) is 5.37. The summed E-state index contributed by atoms with van der Waals surface area (Å²) in [7, 11) is 1.64. The van der Waals surface area contributed by atoms with Crippen molar-refractivity contribution in [2.24, 2.45) is 0 Å². The molecule has 0 aliphatic rings. The molecule has 25 heavy (non-hydrogen) atoms. The molecule has 0 atom stereocenters. The molecule has 6 heteroatoms. The van der Waals surface area contributed by atoms with E-state index in [1.807, 2.05) is 29.1 Å². The van der Waals surface area contributed by atoms with E-state index in [2.05, 4.69) is 26.0 Å². The van der Waals surface area contributed by atoms with E-state index in [-0.39, 0.29) is 5.78 Å². The Kier molecular flexibility index (Phi) is 5.40. The van der Waals surface area contributed by atoms with Crippen LogP contribution < -0.4 is 4.74 Å². The van der Waals surface area contributed by atoms with Gasteiger partial charge in [-0.3, -0.25) is 14.5 Å². The Balaban J connectivity index is 1.81. The van der Waals surface area contributed by atoms with E-state index < -0.39 is 0 Å². The maximum Gasteiger partial charge on any atom is 0.187 e. The summed E-state index contributed by atoms with van der Waals surface area (Å²) in [6, 6.07) is 9.28. The SMILES string of the molecule is COc1ccc(/C=C/C(=O)c2cccnc2)cc1Cn1cc(Br)cn1. The van der Waals surface area contributed by atoms with Crippen molar-refractivity contribution in [3.05, 3.63) is 82.4 Å². The van der Waals surface area contributed by atoms with Crippen LogP contribution in [0.5, 0.6) is 5.75 Å². The van der Waals surface area contributed by atoms with Gasteiger partial charge < -0.3 is 4.74 Å². The molecule has 0 N–H and O–H groups in total. The molecule has 3 rings (SSSR count). The molecule has 126 valence electrons. The molecule has 0 fully saturated rings. The predicted molar refractivity (Wildman–Crippen MR) is 99.6 cm³/mol. The van der Waals surface area contributed by atoms with Crippen LogP contribution in [0.1, 0.15) is 21.5 Å². The van der Waals surface area contributed by atoms with Crippen molar-refractivity contribution < 1.29 is 9.53 Å². The Morgan fingerprint density at radius 1 is 1.32 bits per heavy atom. The number of hydrogen-bond acceptors (Lipinski definition) is 4. The lowest BCUT2D eigenvalue weighted by molar-refractivity contribution is 0.104. The molecule has 1 aromatic carbocycles. The zero-order valence-corrected chi connectivity index (χ0v) is 15.2. The second-order valence-corrected chi connectivity index (χ2v) is 6.28. The van der Waals surface area contributed by atoms with Gasteiger partial charge in [-0.25, -0.2) is 0 Å². The molecule has 2 heterocycles. The molecule has 0 saturated heterocycles. The van der Waals surface area contributed by atoms with Crippen LogP contribution in [-0.4, -0.2) is 27.7 Å². The normalized spacial score (nSPS) is 11.0. The van der Waals surface area contributed by atoms with Crippen molar-refractivity contribution in [3.63, 3.8) is 0 Å². The second kappa shape index (κ2) is 7.90. The van der Waals surface area contributed by atoms with Crippen molar-refractivity contribution in [1.82, 2.24) is 14.8 Å². The molecular weight excluding hydrogens is 382 g/mol. The average Bonchev–Trinajstić information content (AvgIpc) is 3.05. The van der Waals surface area contributed by atoms with E-state index in [0.717, 1.165) is 21.3 Å². The smallest absolute Gasteiger partial charge is 0.187 e. The number of aromatic nitrogens is 3. The van der Waals surface area contributed by atoms with Crippen LogP contribution in [0.15, 0.2) is 65.7 Å². The number of halogens is 1. The monoisotopic (exact) mass is 397 g/mol. The van der Waals surface area contributed by atoms with Crippen LogP contribution in [0.25, 0.3) is 6.08 Å². The molecule has 0 aliphatic heterocycles. The van der Waals surface area contributed by atoms with Gasteiger partial charge in [0.1, 0.15) is 5.75 Å². The fourth-order valence-corrected chi connectivity index (χ4v) is 2.73. The quantitative estimate of drug-likeness (QED) is 0.465. The van der Waals surface area contributed by atoms with Gasteiger partial charge >= 0.3 is 0 Å². The zero-order chi connectivity index (χ0) is 17.6. The number of rotatable bonds is 6. The van der Waals surface area contributed by atoms with Gasteiger partial charge in [-0.15, -0.1) is 0 Å². The van der Waals surface area contributed by atoms with Gasteiger partial charge in [0, 0.05) is 29.7 Å². The van der Waals surface area contributed by atoms with Crippen molar-refractivity contribution in [1.29, 1.82) is 0 Å². The van der Waals surface area contributed by atoms with E-state index in [9.17, 15) is 4.79 Å². The highest BCUT2D eigenvalue weighted by atomic mass is 79.9. The Morgan fingerprint density at radius 2 is 2.20 bits per heavy atom. The van der Waals surface area contributed by atoms with E-state index in [1.54, 1.807) is 50.0 Å². The molecule has 0 spiro atoms. The number of methoxy groups -OCH3 is 1. The maximum atomic E-state index is 12.1. The van der Waals surface area contributed by atoms with E-state index in [0.29, 0.717) is 12.1 Å². The molecule has 0 aliphatic carbocycles. The first-order valence-corrected chi connectivity index (χ1v) is 8.42. The number of hydrogen-bond donors (Lipinski definition) is 0. The minimum atomic E-state index is -0.0820. The lowest BCUT2D eigenvalue weighted by Gasteiger charge is -2.09. The predicted octanol–water partition coefficient (Wildman–Crippen LogP) is 3.99. The van der Waals surface area contributed by atoms with Gasteiger partial charge in [0.05, 0.1) is 24.3 Å². The van der Waals surface area contributed by atoms with Crippen LogP contribution in [0.2, 0.25) is 0 Å². The van der Waals surface area contributed by atoms with Gasteiger partial charge in [-0.2, -0.15) is 5.10 Å². The summed E-state index contributed by atoms with van der Waals surface area (Å²) >= 11 is 3.39. The van der Waals surface area contributed by atoms with Crippen molar-refractivity contribution in [2.75, 3.05) is 7.11 Å². The number of ketones is 1. The lowest BCUT2D eigenvalue weighted by Crippen LogP contribution is -2.02. The van der Waals surface area contributed by atoms with Gasteiger partial charge in [-0.05, 0) is 51.8 Å². The number of carbonyl (C=O) groups is 1. The third kappa shape index (κ3) is 4.42. The molecular formula is C19H16BrN3O2. The first-order valence-electron chi connectivity index (χ1n) is 7.63. The summed E-state index contributed by atoms with van der Waals surface area (Å²) in [6.07, 6.45) is 10.2. The minimum Gasteiger partial charge on any atom is -0.496 e. The Bertz CT molecular complexity index is 904. The Morgan fingerprint density at radius 3 is 2.88 bits per heavy atom. The molecule has 2 aromatic heterocycles. The highest BCUT2D eigenvalue weighted by Gasteiger charge is 2.06. The fourth-order valence-electron chi connectivity index (χ4n) is 2.40. The third-order valence-electron chi connectivity index (χ3n) is 3.61. The third-order valence-corrected chi connectivity index (χ3v) is 4.02. The summed E-state index contributed by atoms with van der Waals surface area (Å²) in [5.74, 6) is 0.698. The van der Waals surface area contributed by atoms with Crippen LogP contribution >= 0.6 is 15.9 Å². The number of ether oxygens (including phenoxy) is 1. The topological polar surface area (TPSA) is 57.0 Å². The van der Waals surface area contributed by atoms with Gasteiger partial charge in [0.2, 0.25) is 0 Å². The highest BCUT2D eigenvalue weighted by molar-refractivity contribution is 9.10. The summed E-state index contributed by atoms with van der Waals surface area (Å²) in [6.45, 7) is 0.576. The lowest BCUT2D eigenvalue weighted by atomic mass is 10.1. The Labute approximate surface area is 154 Å². The first kappa shape index (κ1) is 17.1. The fraction of sp³-hybridized carbons (Fsp3) is 0.105. The number of allylic oxidation sites excluding steroid dienone is 1. The average molecular weight is 398 g/mol. The van der Waals surface area contributed by atoms with Gasteiger partial charge in [0.25, 0.3) is 0 Å². The van der Waals surface area contributed by atoms with E-state index in [4.69, 9.17) is 4.74 Å². The number of benzene rings is 1. The van der Waals surface area contributed by atoms with Crippen LogP contribution in [0, 0.1) is 0 Å². The standard InChI is InChI=1S/C19H16BrN3O2/c1-25-19-7-5-14(4-6-18(24)15-3-2-8-21-10-15)9-16(19)12-23-13-17(20)11-22-23/h2-11,13H,12H2,1H3/b6-4+. The number of nitrogens with zero attached hydrogens (tertiary/aromatic N) is 3. The maximum absolute atomic E-state index is 12.1. The van der Waals surface area contributed by atoms with Crippen molar-refractivity contribution >= 4 is 27.8 Å². The summed E-state index contributed by atoms with van der Waals surface area (Å²) in [4.78, 5) is 16.1. The first-order chi connectivity index (χ1) is 12.2. The van der Waals surface area contributed by atoms with Crippen LogP contribution in [-0.2, 0) is 6.54 Å². The van der Waals surface area contributed by atoms with Crippen molar-refractivity contribution in [3.8, 4) is 5.75 Å². The largest absolute Gasteiger partial charge is 0.496 e. The van der Waals surface area contributed by atoms with Gasteiger partial charge in [-0.1, -0.05) is 12.1 Å². The van der Waals surface area contributed by atoms with Gasteiger partial charge in [0.15, 0.2) is 5.78 Å². The molecule has 0 amide bonds. The minimum absolute atomic E-state index is 0.0820. The summed E-state index contributed by atoms with van der Waals surface area (Å²) < 4.78 is 8.16. The van der Waals surface area contributed by atoms with E-state index in [1.165, 1.54) is 0 Å². The molecule has 0 unspecified atom stereocenters. The van der Waals surface area contributed by atoms with Crippen molar-refractivity contribution in [2.45, 2.75) is 6.54 Å². The summed E-state index contributed by atoms with van der Waals surface area (Å²) in [5, 5.41) is 4.27. The Hall–Kier alpha value is -2.73. The van der Waals surface area contributed by atoms with E-state index >= 15 is 0 Å². The zero-order valence-electron chi connectivity index (χ0n) is 13.6. The molecule has 0 saturated carbocycles.